The fourth-order valence-electron chi connectivity index (χ4n) is 4.32. The Labute approximate surface area is 196 Å². The molecule has 1 aromatic heterocycles. The van der Waals surface area contributed by atoms with Gasteiger partial charge in [0.25, 0.3) is 0 Å². The first-order chi connectivity index (χ1) is 16.3. The van der Waals surface area contributed by atoms with Crippen molar-refractivity contribution in [1.29, 1.82) is 0 Å². The molecule has 0 radical (unpaired) electrons. The van der Waals surface area contributed by atoms with Crippen molar-refractivity contribution in [3.05, 3.63) is 83.7 Å². The van der Waals surface area contributed by atoms with Crippen LogP contribution in [0.3, 0.4) is 0 Å². The third-order valence-corrected chi connectivity index (χ3v) is 6.04. The van der Waals surface area contributed by atoms with E-state index in [2.05, 4.69) is 33.4 Å². The first-order valence-electron chi connectivity index (χ1n) is 11.6. The molecule has 4 rings (SSSR count). The third kappa shape index (κ3) is 6.03. The van der Waals surface area contributed by atoms with Crippen LogP contribution in [0.4, 0.5) is 0 Å². The van der Waals surface area contributed by atoms with Crippen LogP contribution in [-0.2, 0) is 13.0 Å². The molecule has 1 aliphatic rings. The fourth-order valence-corrected chi connectivity index (χ4v) is 4.32. The quantitative estimate of drug-likeness (QED) is 0.529. The van der Waals surface area contributed by atoms with E-state index >= 15 is 0 Å². The van der Waals surface area contributed by atoms with Gasteiger partial charge in [-0.3, -0.25) is 9.88 Å². The van der Waals surface area contributed by atoms with Crippen molar-refractivity contribution < 1.29 is 14.2 Å². The number of pyridine rings is 1. The summed E-state index contributed by atoms with van der Waals surface area (Å²) in [6.45, 7) is 4.48. The molecule has 1 atom stereocenters. The molecule has 1 unspecified atom stereocenters. The van der Waals surface area contributed by atoms with E-state index in [9.17, 15) is 0 Å². The number of nitrogens with one attached hydrogen (secondary N) is 1. The topological polar surface area (TPSA) is 55.9 Å². The number of methoxy groups -OCH3 is 2. The van der Waals surface area contributed by atoms with Gasteiger partial charge in [-0.05, 0) is 48.4 Å². The number of nitrogens with zero attached hydrogens (tertiary/aromatic N) is 2. The smallest absolute Gasteiger partial charge is 0.203 e. The predicted octanol–water partition coefficient (Wildman–Crippen LogP) is 4.26. The van der Waals surface area contributed by atoms with Crippen LogP contribution in [0, 0.1) is 0 Å². The first-order valence-corrected chi connectivity index (χ1v) is 11.6. The van der Waals surface area contributed by atoms with Crippen LogP contribution < -0.4 is 19.5 Å². The monoisotopic (exact) mass is 447 g/mol. The summed E-state index contributed by atoms with van der Waals surface area (Å²) in [5.74, 6) is 1.99. The third-order valence-electron chi connectivity index (χ3n) is 6.04. The number of hydrogen-bond donors (Lipinski definition) is 1. The van der Waals surface area contributed by atoms with E-state index in [4.69, 9.17) is 14.2 Å². The molecule has 33 heavy (non-hydrogen) atoms. The second-order valence-corrected chi connectivity index (χ2v) is 8.21. The Morgan fingerprint density at radius 3 is 2.39 bits per heavy atom. The SMILES string of the molecule is COc1cc(C(Cc2ccccn2)N2CCCNCC2)cc(OC)c1OCc1ccccc1. The summed E-state index contributed by atoms with van der Waals surface area (Å²) in [6.07, 6.45) is 3.79. The summed E-state index contributed by atoms with van der Waals surface area (Å²) >= 11 is 0. The highest BCUT2D eigenvalue weighted by Gasteiger charge is 2.25. The van der Waals surface area contributed by atoms with Crippen molar-refractivity contribution in [3.8, 4) is 17.2 Å². The van der Waals surface area contributed by atoms with Gasteiger partial charge < -0.3 is 19.5 Å². The summed E-state index contributed by atoms with van der Waals surface area (Å²) in [4.78, 5) is 7.13. The molecule has 3 aromatic rings. The lowest BCUT2D eigenvalue weighted by molar-refractivity contribution is 0.206. The highest BCUT2D eigenvalue weighted by Crippen LogP contribution is 2.42. The van der Waals surface area contributed by atoms with Crippen LogP contribution >= 0.6 is 0 Å². The minimum absolute atomic E-state index is 0.158. The predicted molar refractivity (Wildman–Crippen MR) is 130 cm³/mol. The van der Waals surface area contributed by atoms with E-state index in [1.54, 1.807) is 14.2 Å². The Morgan fingerprint density at radius 2 is 1.70 bits per heavy atom. The van der Waals surface area contributed by atoms with Gasteiger partial charge >= 0.3 is 0 Å². The number of ether oxygens (including phenoxy) is 3. The zero-order valence-electron chi connectivity index (χ0n) is 19.5. The van der Waals surface area contributed by atoms with Crippen molar-refractivity contribution in [1.82, 2.24) is 15.2 Å². The van der Waals surface area contributed by atoms with Gasteiger partial charge in [0.15, 0.2) is 11.5 Å². The summed E-state index contributed by atoms with van der Waals surface area (Å²) in [6, 6.07) is 20.5. The van der Waals surface area contributed by atoms with Gasteiger partial charge in [-0.25, -0.2) is 0 Å². The van der Waals surface area contributed by atoms with Crippen molar-refractivity contribution >= 4 is 0 Å². The van der Waals surface area contributed by atoms with Gasteiger partial charge in [0.2, 0.25) is 5.75 Å². The second kappa shape index (κ2) is 11.7. The molecule has 0 saturated carbocycles. The van der Waals surface area contributed by atoms with Gasteiger partial charge in [0, 0.05) is 44.0 Å². The molecule has 0 spiro atoms. The molecule has 174 valence electrons. The molecular weight excluding hydrogens is 414 g/mol. The zero-order valence-corrected chi connectivity index (χ0v) is 19.5. The average Bonchev–Trinajstić information content (AvgIpc) is 3.16. The Bertz CT molecular complexity index is 965. The molecule has 1 aliphatic heterocycles. The summed E-state index contributed by atoms with van der Waals surface area (Å²) in [5, 5.41) is 3.51. The molecule has 6 heteroatoms. The Hall–Kier alpha value is -3.09. The maximum Gasteiger partial charge on any atom is 0.203 e. The lowest BCUT2D eigenvalue weighted by atomic mass is 9.98. The van der Waals surface area contributed by atoms with E-state index in [0.717, 1.165) is 55.8 Å². The van der Waals surface area contributed by atoms with Gasteiger partial charge in [-0.15, -0.1) is 0 Å². The molecule has 2 heterocycles. The highest BCUT2D eigenvalue weighted by atomic mass is 16.5. The van der Waals surface area contributed by atoms with Gasteiger partial charge in [-0.1, -0.05) is 36.4 Å². The van der Waals surface area contributed by atoms with Crippen molar-refractivity contribution in [2.24, 2.45) is 0 Å². The van der Waals surface area contributed by atoms with Crippen LogP contribution in [0.1, 0.15) is 29.3 Å². The Kier molecular flexibility index (Phi) is 8.17. The van der Waals surface area contributed by atoms with Crippen molar-refractivity contribution in [3.63, 3.8) is 0 Å². The maximum atomic E-state index is 6.17. The summed E-state index contributed by atoms with van der Waals surface area (Å²) < 4.78 is 17.7. The molecule has 0 amide bonds. The Balaban J connectivity index is 1.66. The average molecular weight is 448 g/mol. The minimum atomic E-state index is 0.158. The van der Waals surface area contributed by atoms with E-state index in [1.807, 2.05) is 48.7 Å². The van der Waals surface area contributed by atoms with Crippen LogP contribution in [0.25, 0.3) is 0 Å². The Morgan fingerprint density at radius 1 is 0.939 bits per heavy atom. The zero-order chi connectivity index (χ0) is 22.9. The van der Waals surface area contributed by atoms with E-state index < -0.39 is 0 Å². The lowest BCUT2D eigenvalue weighted by Crippen LogP contribution is -2.33. The number of aromatic nitrogens is 1. The van der Waals surface area contributed by atoms with E-state index in [0.29, 0.717) is 23.9 Å². The maximum absolute atomic E-state index is 6.17. The molecular formula is C27H33N3O3. The lowest BCUT2D eigenvalue weighted by Gasteiger charge is -2.31. The van der Waals surface area contributed by atoms with Gasteiger partial charge in [0.1, 0.15) is 6.61 Å². The molecule has 1 fully saturated rings. The normalized spacial score (nSPS) is 15.5. The number of rotatable bonds is 9. The molecule has 6 nitrogen and oxygen atoms in total. The van der Waals surface area contributed by atoms with Crippen molar-refractivity contribution in [2.75, 3.05) is 40.4 Å². The highest BCUT2D eigenvalue weighted by molar-refractivity contribution is 5.54. The molecule has 1 saturated heterocycles. The van der Waals surface area contributed by atoms with Crippen molar-refractivity contribution in [2.45, 2.75) is 25.5 Å². The molecule has 0 aliphatic carbocycles. The van der Waals surface area contributed by atoms with Gasteiger partial charge in [-0.2, -0.15) is 0 Å². The largest absolute Gasteiger partial charge is 0.493 e. The number of benzene rings is 2. The fraction of sp³-hybridized carbons (Fsp3) is 0.370. The number of hydrogen-bond acceptors (Lipinski definition) is 6. The first kappa shape index (κ1) is 23.1. The van der Waals surface area contributed by atoms with Crippen LogP contribution in [0.15, 0.2) is 66.9 Å². The molecule has 1 N–H and O–H groups in total. The summed E-state index contributed by atoms with van der Waals surface area (Å²) in [7, 11) is 3.36. The van der Waals surface area contributed by atoms with Crippen LogP contribution in [-0.4, -0.2) is 50.3 Å². The van der Waals surface area contributed by atoms with E-state index in [-0.39, 0.29) is 6.04 Å². The summed E-state index contributed by atoms with van der Waals surface area (Å²) in [5.41, 5.74) is 3.31. The molecule has 0 bridgehead atoms. The van der Waals surface area contributed by atoms with Gasteiger partial charge in [0.05, 0.1) is 14.2 Å². The second-order valence-electron chi connectivity index (χ2n) is 8.21. The minimum Gasteiger partial charge on any atom is -0.493 e. The molecule has 2 aromatic carbocycles. The standard InChI is InChI=1S/C27H33N3O3/c1-31-25-17-22(18-26(32-2)27(25)33-20-21-9-4-3-5-10-21)24(19-23-11-6-7-13-29-23)30-15-8-12-28-14-16-30/h3-7,9-11,13,17-18,24,28H,8,12,14-16,19-20H2,1-2H3. The van der Waals surface area contributed by atoms with Crippen LogP contribution in [0.5, 0.6) is 17.2 Å². The van der Waals surface area contributed by atoms with E-state index in [1.165, 1.54) is 0 Å². The van der Waals surface area contributed by atoms with Crippen LogP contribution in [0.2, 0.25) is 0 Å².